The van der Waals surface area contributed by atoms with Crippen LogP contribution in [0.25, 0.3) is 0 Å². The molecule has 84 valence electrons. The van der Waals surface area contributed by atoms with Crippen LogP contribution in [0.5, 0.6) is 0 Å². The van der Waals surface area contributed by atoms with Crippen LogP contribution >= 0.6 is 22.9 Å². The van der Waals surface area contributed by atoms with Crippen molar-refractivity contribution in [3.05, 3.63) is 52.2 Å². The van der Waals surface area contributed by atoms with Crippen LogP contribution in [0.15, 0.2) is 41.8 Å². The molecule has 1 nitrogen and oxygen atoms in total. The van der Waals surface area contributed by atoms with Crippen LogP contribution < -0.4 is 4.90 Å². The Morgan fingerprint density at radius 2 is 1.94 bits per heavy atom. The van der Waals surface area contributed by atoms with Crippen molar-refractivity contribution in [2.45, 2.75) is 12.4 Å². The van der Waals surface area contributed by atoms with Gasteiger partial charge < -0.3 is 4.90 Å². The van der Waals surface area contributed by atoms with E-state index >= 15 is 0 Å². The Balaban J connectivity index is 2.05. The van der Waals surface area contributed by atoms with Gasteiger partial charge >= 0.3 is 0 Å². The van der Waals surface area contributed by atoms with Crippen molar-refractivity contribution in [2.75, 3.05) is 11.9 Å². The minimum absolute atomic E-state index is 0.578. The van der Waals surface area contributed by atoms with E-state index in [9.17, 15) is 0 Å². The molecule has 0 atom stereocenters. The third kappa shape index (κ3) is 2.77. The number of alkyl halides is 1. The summed E-state index contributed by atoms with van der Waals surface area (Å²) in [5.74, 6) is 0.578. The summed E-state index contributed by atoms with van der Waals surface area (Å²) in [4.78, 5) is 3.62. The number of thiophene rings is 1. The van der Waals surface area contributed by atoms with Gasteiger partial charge in [0.2, 0.25) is 0 Å². The molecule has 0 spiro atoms. The molecule has 0 saturated heterocycles. The van der Waals surface area contributed by atoms with Crippen LogP contribution in [0.3, 0.4) is 0 Å². The molecule has 3 heteroatoms. The van der Waals surface area contributed by atoms with Gasteiger partial charge in [0.25, 0.3) is 0 Å². The van der Waals surface area contributed by atoms with Crippen LogP contribution in [-0.2, 0) is 12.4 Å². The Bertz CT molecular complexity index is 422. The smallest absolute Gasteiger partial charge is 0.0519 e. The monoisotopic (exact) mass is 251 g/mol. The first-order chi connectivity index (χ1) is 7.79. The first kappa shape index (κ1) is 11.5. The highest BCUT2D eigenvalue weighted by Crippen LogP contribution is 2.19. The fraction of sp³-hybridized carbons (Fsp3) is 0.231. The molecular weight excluding hydrogens is 238 g/mol. The van der Waals surface area contributed by atoms with Crippen LogP contribution in [-0.4, -0.2) is 7.05 Å². The molecule has 0 saturated carbocycles. The van der Waals surface area contributed by atoms with E-state index in [1.165, 1.54) is 10.6 Å². The second-order valence-corrected chi connectivity index (χ2v) is 5.04. The summed E-state index contributed by atoms with van der Waals surface area (Å²) in [5.41, 5.74) is 2.39. The summed E-state index contributed by atoms with van der Waals surface area (Å²) < 4.78 is 0. The second-order valence-electron chi connectivity index (χ2n) is 3.74. The third-order valence-electron chi connectivity index (χ3n) is 2.50. The summed E-state index contributed by atoms with van der Waals surface area (Å²) in [6.45, 7) is 0.956. The number of anilines is 1. The fourth-order valence-electron chi connectivity index (χ4n) is 1.57. The Labute approximate surface area is 105 Å². The van der Waals surface area contributed by atoms with Gasteiger partial charge in [0.15, 0.2) is 0 Å². The quantitative estimate of drug-likeness (QED) is 0.739. The van der Waals surface area contributed by atoms with Crippen molar-refractivity contribution in [3.8, 4) is 0 Å². The van der Waals surface area contributed by atoms with Crippen molar-refractivity contribution >= 4 is 28.6 Å². The zero-order valence-corrected chi connectivity index (χ0v) is 10.8. The van der Waals surface area contributed by atoms with Gasteiger partial charge in [-0.15, -0.1) is 22.9 Å². The van der Waals surface area contributed by atoms with Gasteiger partial charge in [0.1, 0.15) is 0 Å². The van der Waals surface area contributed by atoms with Gasteiger partial charge in [-0.25, -0.2) is 0 Å². The van der Waals surface area contributed by atoms with Gasteiger partial charge in [-0.05, 0) is 29.1 Å². The molecule has 0 fully saturated rings. The molecule has 1 aromatic carbocycles. The van der Waals surface area contributed by atoms with Gasteiger partial charge in [-0.1, -0.05) is 18.2 Å². The van der Waals surface area contributed by atoms with Gasteiger partial charge in [0, 0.05) is 23.5 Å². The van der Waals surface area contributed by atoms with Crippen molar-refractivity contribution in [3.63, 3.8) is 0 Å². The van der Waals surface area contributed by atoms with E-state index in [0.717, 1.165) is 12.1 Å². The van der Waals surface area contributed by atoms with E-state index in [0.29, 0.717) is 5.88 Å². The molecule has 0 aliphatic carbocycles. The largest absolute Gasteiger partial charge is 0.369 e. The molecular formula is C13H14ClNS. The molecule has 0 bridgehead atoms. The maximum Gasteiger partial charge on any atom is 0.0519 e. The van der Waals surface area contributed by atoms with Crippen LogP contribution in [0.2, 0.25) is 0 Å². The Hall–Kier alpha value is -0.990. The van der Waals surface area contributed by atoms with E-state index in [1.807, 2.05) is 0 Å². The molecule has 2 rings (SSSR count). The normalized spacial score (nSPS) is 10.4. The molecule has 0 N–H and O–H groups in total. The van der Waals surface area contributed by atoms with E-state index in [-0.39, 0.29) is 0 Å². The molecule has 16 heavy (non-hydrogen) atoms. The molecule has 0 aliphatic heterocycles. The lowest BCUT2D eigenvalue weighted by atomic mass is 10.2. The summed E-state index contributed by atoms with van der Waals surface area (Å²) in [7, 11) is 2.11. The maximum absolute atomic E-state index is 5.76. The molecule has 1 aromatic heterocycles. The molecule has 1 heterocycles. The summed E-state index contributed by atoms with van der Waals surface area (Å²) >= 11 is 7.55. The van der Waals surface area contributed by atoms with Gasteiger partial charge in [-0.2, -0.15) is 0 Å². The standard InChI is InChI=1S/C13H14ClNS/c1-15(10-13-3-2-8-16-13)12-6-4-11(9-14)5-7-12/h2-8H,9-10H2,1H3. The first-order valence-corrected chi connectivity index (χ1v) is 6.59. The van der Waals surface area contributed by atoms with Crippen molar-refractivity contribution in [1.82, 2.24) is 0 Å². The lowest BCUT2D eigenvalue weighted by Crippen LogP contribution is -2.15. The summed E-state index contributed by atoms with van der Waals surface area (Å²) in [6.07, 6.45) is 0. The second kappa shape index (κ2) is 5.37. The van der Waals surface area contributed by atoms with Gasteiger partial charge in [-0.3, -0.25) is 0 Å². The van der Waals surface area contributed by atoms with E-state index < -0.39 is 0 Å². The van der Waals surface area contributed by atoms with E-state index in [2.05, 4.69) is 53.7 Å². The number of halogens is 1. The number of nitrogens with zero attached hydrogens (tertiary/aromatic N) is 1. The predicted octanol–water partition coefficient (Wildman–Crippen LogP) is 4.12. The van der Waals surface area contributed by atoms with Crippen LogP contribution in [0.1, 0.15) is 10.4 Å². The lowest BCUT2D eigenvalue weighted by Gasteiger charge is -2.18. The predicted molar refractivity (Wildman–Crippen MR) is 72.4 cm³/mol. The van der Waals surface area contributed by atoms with Crippen molar-refractivity contribution in [1.29, 1.82) is 0 Å². The summed E-state index contributed by atoms with van der Waals surface area (Å²) in [5, 5.41) is 2.11. The average molecular weight is 252 g/mol. The third-order valence-corrected chi connectivity index (χ3v) is 3.67. The highest BCUT2D eigenvalue weighted by molar-refractivity contribution is 7.09. The van der Waals surface area contributed by atoms with Crippen LogP contribution in [0, 0.1) is 0 Å². The molecule has 0 aliphatic rings. The Morgan fingerprint density at radius 3 is 2.50 bits per heavy atom. The zero-order valence-electron chi connectivity index (χ0n) is 9.19. The molecule has 0 unspecified atom stereocenters. The fourth-order valence-corrected chi connectivity index (χ4v) is 2.50. The van der Waals surface area contributed by atoms with Crippen LogP contribution in [0.4, 0.5) is 5.69 Å². The highest BCUT2D eigenvalue weighted by Gasteiger charge is 2.02. The highest BCUT2D eigenvalue weighted by atomic mass is 35.5. The zero-order chi connectivity index (χ0) is 11.4. The Morgan fingerprint density at radius 1 is 1.19 bits per heavy atom. The minimum Gasteiger partial charge on any atom is -0.369 e. The molecule has 2 aromatic rings. The molecule has 0 amide bonds. The average Bonchev–Trinajstić information content (AvgIpc) is 2.82. The number of benzene rings is 1. The maximum atomic E-state index is 5.76. The SMILES string of the molecule is CN(Cc1cccs1)c1ccc(CCl)cc1. The number of rotatable bonds is 4. The lowest BCUT2D eigenvalue weighted by molar-refractivity contribution is 0.940. The van der Waals surface area contributed by atoms with Crippen molar-refractivity contribution in [2.24, 2.45) is 0 Å². The topological polar surface area (TPSA) is 3.24 Å². The van der Waals surface area contributed by atoms with E-state index in [4.69, 9.17) is 11.6 Å². The Kier molecular flexibility index (Phi) is 3.86. The summed E-state index contributed by atoms with van der Waals surface area (Å²) in [6, 6.07) is 12.6. The number of hydrogen-bond donors (Lipinski definition) is 0. The van der Waals surface area contributed by atoms with E-state index in [1.54, 1.807) is 11.3 Å². The first-order valence-electron chi connectivity index (χ1n) is 5.18. The van der Waals surface area contributed by atoms with Gasteiger partial charge in [0.05, 0.1) is 6.54 Å². The molecule has 0 radical (unpaired) electrons. The minimum atomic E-state index is 0.578. The number of hydrogen-bond acceptors (Lipinski definition) is 2. The van der Waals surface area contributed by atoms with Crippen molar-refractivity contribution < 1.29 is 0 Å².